The maximum Gasteiger partial charge on any atom is 0.308 e. The van der Waals surface area contributed by atoms with E-state index in [9.17, 15) is 19.1 Å². The minimum atomic E-state index is -0.926. The van der Waals surface area contributed by atoms with Gasteiger partial charge in [0.1, 0.15) is 5.82 Å². The van der Waals surface area contributed by atoms with Crippen LogP contribution in [0.2, 0.25) is 0 Å². The lowest BCUT2D eigenvalue weighted by Gasteiger charge is -2.25. The van der Waals surface area contributed by atoms with Gasteiger partial charge in [-0.05, 0) is 43.4 Å². The summed E-state index contributed by atoms with van der Waals surface area (Å²) in [4.78, 5) is 27.9. The smallest absolute Gasteiger partial charge is 0.308 e. The summed E-state index contributed by atoms with van der Waals surface area (Å²) in [5.74, 6) is -2.16. The molecule has 2 aromatic rings. The molecule has 0 radical (unpaired) electrons. The third-order valence-electron chi connectivity index (χ3n) is 4.83. The first-order valence-corrected chi connectivity index (χ1v) is 8.67. The molecule has 1 aromatic heterocycles. The van der Waals surface area contributed by atoms with Crippen molar-refractivity contribution in [2.24, 2.45) is 11.8 Å². The Bertz CT molecular complexity index is 805. The lowest BCUT2D eigenvalue weighted by Crippen LogP contribution is -2.35. The molecule has 0 spiro atoms. The number of aliphatic carboxylic acids is 1. The highest BCUT2D eigenvalue weighted by Crippen LogP contribution is 2.24. The van der Waals surface area contributed by atoms with Crippen LogP contribution in [0.15, 0.2) is 30.6 Å². The Morgan fingerprint density at radius 2 is 2.04 bits per heavy atom. The van der Waals surface area contributed by atoms with Crippen molar-refractivity contribution < 1.29 is 23.8 Å². The van der Waals surface area contributed by atoms with Gasteiger partial charge in [-0.2, -0.15) is 0 Å². The maximum atomic E-state index is 13.9. The summed E-state index contributed by atoms with van der Waals surface area (Å²) in [7, 11) is 0. The van der Waals surface area contributed by atoms with Crippen molar-refractivity contribution in [3.8, 4) is 0 Å². The van der Waals surface area contributed by atoms with E-state index in [2.05, 4.69) is 10.3 Å². The fourth-order valence-corrected chi connectivity index (χ4v) is 3.32. The molecule has 1 unspecified atom stereocenters. The van der Waals surface area contributed by atoms with Crippen LogP contribution in [0.3, 0.4) is 0 Å². The number of hydrogen-bond donors (Lipinski definition) is 2. The number of fused-ring (bicyclic) bond motifs is 1. The molecule has 1 atom stereocenters. The molecule has 1 saturated heterocycles. The summed E-state index contributed by atoms with van der Waals surface area (Å²) in [5.41, 5.74) is 0.305. The lowest BCUT2D eigenvalue weighted by atomic mass is 9.89. The van der Waals surface area contributed by atoms with Gasteiger partial charge >= 0.3 is 5.97 Å². The van der Waals surface area contributed by atoms with Crippen molar-refractivity contribution in [1.82, 2.24) is 10.3 Å². The second-order valence-corrected chi connectivity index (χ2v) is 6.55. The fraction of sp³-hybridized carbons (Fsp3) is 0.421. The normalized spacial score (nSPS) is 16.3. The highest BCUT2D eigenvalue weighted by Gasteiger charge is 2.25. The minimum absolute atomic E-state index is 0.0372. The van der Waals surface area contributed by atoms with Crippen LogP contribution < -0.4 is 5.32 Å². The molecule has 2 N–H and O–H groups in total. The molecule has 0 aliphatic carbocycles. The molecule has 26 heavy (non-hydrogen) atoms. The number of rotatable bonds is 6. The maximum absolute atomic E-state index is 13.9. The number of ether oxygens (including phenoxy) is 1. The van der Waals surface area contributed by atoms with Crippen molar-refractivity contribution in [3.05, 3.63) is 42.0 Å². The Morgan fingerprint density at radius 1 is 1.27 bits per heavy atom. The van der Waals surface area contributed by atoms with Gasteiger partial charge < -0.3 is 15.2 Å². The number of carboxylic acid groups (broad SMARTS) is 1. The molecule has 1 aliphatic heterocycles. The Morgan fingerprint density at radius 3 is 2.77 bits per heavy atom. The zero-order valence-electron chi connectivity index (χ0n) is 14.3. The van der Waals surface area contributed by atoms with Crippen LogP contribution in [0.5, 0.6) is 0 Å². The molecule has 1 aromatic carbocycles. The molecular weight excluding hydrogens is 339 g/mol. The van der Waals surface area contributed by atoms with Crippen LogP contribution >= 0.6 is 0 Å². The van der Waals surface area contributed by atoms with E-state index in [4.69, 9.17) is 4.74 Å². The summed E-state index contributed by atoms with van der Waals surface area (Å²) in [6.07, 6.45) is 5.05. The van der Waals surface area contributed by atoms with E-state index in [1.165, 1.54) is 24.5 Å². The van der Waals surface area contributed by atoms with Crippen LogP contribution in [0.25, 0.3) is 10.8 Å². The Labute approximate surface area is 150 Å². The van der Waals surface area contributed by atoms with E-state index in [1.807, 2.05) is 0 Å². The number of nitrogens with zero attached hydrogens (tertiary/aromatic N) is 1. The summed E-state index contributed by atoms with van der Waals surface area (Å²) >= 11 is 0. The summed E-state index contributed by atoms with van der Waals surface area (Å²) in [6, 6.07) is 4.20. The van der Waals surface area contributed by atoms with Crippen molar-refractivity contribution in [1.29, 1.82) is 0 Å². The second-order valence-electron chi connectivity index (χ2n) is 6.55. The first-order valence-electron chi connectivity index (χ1n) is 8.67. The van der Waals surface area contributed by atoms with Gasteiger partial charge in [0.2, 0.25) is 0 Å². The number of aromatic nitrogens is 1. The van der Waals surface area contributed by atoms with Crippen molar-refractivity contribution in [3.63, 3.8) is 0 Å². The largest absolute Gasteiger partial charge is 0.481 e. The molecular formula is C19H21FN2O4. The standard InChI is InChI=1S/C19H21FN2O4/c20-17-2-1-15(14-3-6-21-11-16(14)17)18(23)22-10-13(19(24)25)9-12-4-7-26-8-5-12/h1-3,6,11-13H,4-5,7-10H2,(H,22,23)(H,24,25). The van der Waals surface area contributed by atoms with E-state index in [1.54, 1.807) is 6.07 Å². The fourth-order valence-electron chi connectivity index (χ4n) is 3.32. The van der Waals surface area contributed by atoms with Gasteiger partial charge in [0.15, 0.2) is 0 Å². The summed E-state index contributed by atoms with van der Waals surface area (Å²) < 4.78 is 19.1. The van der Waals surface area contributed by atoms with E-state index < -0.39 is 23.6 Å². The van der Waals surface area contributed by atoms with Crippen LogP contribution in [0.4, 0.5) is 4.39 Å². The van der Waals surface area contributed by atoms with Gasteiger partial charge in [0.05, 0.1) is 5.92 Å². The molecule has 3 rings (SSSR count). The number of nitrogens with one attached hydrogen (secondary N) is 1. The topological polar surface area (TPSA) is 88.5 Å². The Balaban J connectivity index is 1.69. The number of hydrogen-bond acceptors (Lipinski definition) is 4. The van der Waals surface area contributed by atoms with Gasteiger partial charge in [-0.1, -0.05) is 0 Å². The molecule has 1 fully saturated rings. The molecule has 1 aliphatic rings. The number of benzene rings is 1. The number of carboxylic acids is 1. The molecule has 7 heteroatoms. The second kappa shape index (κ2) is 8.23. The third kappa shape index (κ3) is 4.16. The third-order valence-corrected chi connectivity index (χ3v) is 4.83. The van der Waals surface area contributed by atoms with E-state index in [0.29, 0.717) is 36.5 Å². The summed E-state index contributed by atoms with van der Waals surface area (Å²) in [5, 5.41) is 12.9. The quantitative estimate of drug-likeness (QED) is 0.827. The van der Waals surface area contributed by atoms with Crippen molar-refractivity contribution in [2.75, 3.05) is 19.8 Å². The predicted octanol–water partition coefficient (Wildman–Crippen LogP) is 2.62. The van der Waals surface area contributed by atoms with Gasteiger partial charge in [-0.15, -0.1) is 0 Å². The lowest BCUT2D eigenvalue weighted by molar-refractivity contribution is -0.142. The highest BCUT2D eigenvalue weighted by molar-refractivity contribution is 6.07. The van der Waals surface area contributed by atoms with Gasteiger partial charge in [-0.25, -0.2) is 4.39 Å². The summed E-state index contributed by atoms with van der Waals surface area (Å²) in [6.45, 7) is 1.34. The van der Waals surface area contributed by atoms with E-state index >= 15 is 0 Å². The minimum Gasteiger partial charge on any atom is -0.481 e. The predicted molar refractivity (Wildman–Crippen MR) is 93.3 cm³/mol. The van der Waals surface area contributed by atoms with Crippen molar-refractivity contribution >= 4 is 22.6 Å². The molecule has 138 valence electrons. The molecule has 1 amide bonds. The number of carbonyl (C=O) groups excluding carboxylic acids is 1. The van der Waals surface area contributed by atoms with Crippen LogP contribution in [-0.2, 0) is 9.53 Å². The molecule has 0 saturated carbocycles. The van der Waals surface area contributed by atoms with Gasteiger partial charge in [-0.3, -0.25) is 14.6 Å². The number of halogens is 1. The highest BCUT2D eigenvalue weighted by atomic mass is 19.1. The zero-order chi connectivity index (χ0) is 18.5. The average Bonchev–Trinajstić information content (AvgIpc) is 2.66. The molecule has 6 nitrogen and oxygen atoms in total. The van der Waals surface area contributed by atoms with Crippen LogP contribution in [0, 0.1) is 17.7 Å². The number of amides is 1. The monoisotopic (exact) mass is 360 g/mol. The molecule has 0 bridgehead atoms. The first kappa shape index (κ1) is 18.3. The van der Waals surface area contributed by atoms with Gasteiger partial charge in [0, 0.05) is 48.5 Å². The number of pyridine rings is 1. The molecule has 2 heterocycles. The van der Waals surface area contributed by atoms with Crippen LogP contribution in [0.1, 0.15) is 29.6 Å². The van der Waals surface area contributed by atoms with Crippen molar-refractivity contribution in [2.45, 2.75) is 19.3 Å². The average molecular weight is 360 g/mol. The Kier molecular flexibility index (Phi) is 5.78. The first-order chi connectivity index (χ1) is 12.6. The Hall–Kier alpha value is -2.54. The van der Waals surface area contributed by atoms with E-state index in [-0.39, 0.29) is 11.9 Å². The van der Waals surface area contributed by atoms with Gasteiger partial charge in [0.25, 0.3) is 5.91 Å². The number of carbonyl (C=O) groups is 2. The SMILES string of the molecule is O=C(NCC(CC1CCOCC1)C(=O)O)c1ccc(F)c2cnccc12. The van der Waals surface area contributed by atoms with E-state index in [0.717, 1.165) is 12.8 Å². The van der Waals surface area contributed by atoms with Crippen LogP contribution in [-0.4, -0.2) is 41.7 Å². The zero-order valence-corrected chi connectivity index (χ0v) is 14.3.